The van der Waals surface area contributed by atoms with Crippen LogP contribution >= 0.6 is 0 Å². The molecule has 0 unspecified atom stereocenters. The number of nitrogens with zero attached hydrogens (tertiary/aromatic N) is 2. The van der Waals surface area contributed by atoms with Gasteiger partial charge in [-0.3, -0.25) is 9.98 Å². The summed E-state index contributed by atoms with van der Waals surface area (Å²) in [4.78, 5) is 9.03. The van der Waals surface area contributed by atoms with Gasteiger partial charge < -0.3 is 19.7 Å². The lowest BCUT2D eigenvalue weighted by molar-refractivity contribution is 0.302. The summed E-state index contributed by atoms with van der Waals surface area (Å²) in [6.45, 7) is 8.31. The number of rotatable bonds is 31. The number of hydrogen-bond acceptors (Lipinski definition) is 6. The summed E-state index contributed by atoms with van der Waals surface area (Å²) in [5.74, 6) is 1.69. The highest BCUT2D eigenvalue weighted by molar-refractivity contribution is 5.84. The molecule has 0 spiro atoms. The Balaban J connectivity index is 1.57. The van der Waals surface area contributed by atoms with Gasteiger partial charge in [0.2, 0.25) is 0 Å². The molecule has 2 N–H and O–H groups in total. The minimum absolute atomic E-state index is 0.0804. The van der Waals surface area contributed by atoms with E-state index < -0.39 is 0 Å². The number of phenols is 2. The molecule has 2 aromatic carbocycles. The third-order valence-electron chi connectivity index (χ3n) is 9.11. The number of ether oxygens (including phenoxy) is 2. The molecule has 6 heteroatoms. The van der Waals surface area contributed by atoms with Crippen molar-refractivity contribution in [2.75, 3.05) is 19.8 Å². The first kappa shape index (κ1) is 42.1. The SMILES string of the molecule is CCCCCCCCCCCCCOc1ccc(C=NC[C@@H](C)N=Cc2ccc(OCCCCCCCCCCCCC)cc2O)c(O)c1. The smallest absolute Gasteiger partial charge is 0.128 e. The fourth-order valence-electron chi connectivity index (χ4n) is 5.92. The lowest BCUT2D eigenvalue weighted by atomic mass is 10.1. The van der Waals surface area contributed by atoms with E-state index in [4.69, 9.17) is 9.47 Å². The van der Waals surface area contributed by atoms with Gasteiger partial charge in [-0.15, -0.1) is 0 Å². The summed E-state index contributed by atoms with van der Waals surface area (Å²) in [7, 11) is 0. The van der Waals surface area contributed by atoms with Crippen molar-refractivity contribution >= 4 is 12.4 Å². The number of phenolic OH excluding ortho intramolecular Hbond substituents is 2. The number of aromatic hydroxyl groups is 2. The molecule has 276 valence electrons. The van der Waals surface area contributed by atoms with Crippen LogP contribution in [0, 0.1) is 0 Å². The Labute approximate surface area is 299 Å². The van der Waals surface area contributed by atoms with Crippen molar-refractivity contribution in [1.82, 2.24) is 0 Å². The molecular weight excluding hydrogens is 608 g/mol. The Bertz CT molecular complexity index is 1150. The monoisotopic (exact) mass is 679 g/mol. The summed E-state index contributed by atoms with van der Waals surface area (Å²) in [5, 5.41) is 20.9. The third-order valence-corrected chi connectivity index (χ3v) is 9.11. The lowest BCUT2D eigenvalue weighted by Gasteiger charge is -2.09. The first-order chi connectivity index (χ1) is 24.0. The second-order valence-corrected chi connectivity index (χ2v) is 13.8. The van der Waals surface area contributed by atoms with Gasteiger partial charge in [-0.1, -0.05) is 142 Å². The van der Waals surface area contributed by atoms with Crippen molar-refractivity contribution < 1.29 is 19.7 Å². The summed E-state index contributed by atoms with van der Waals surface area (Å²) in [6.07, 6.45) is 32.1. The van der Waals surface area contributed by atoms with Crippen molar-refractivity contribution in [3.63, 3.8) is 0 Å². The molecule has 0 aliphatic rings. The number of hydrogen-bond donors (Lipinski definition) is 2. The van der Waals surface area contributed by atoms with Gasteiger partial charge >= 0.3 is 0 Å². The van der Waals surface area contributed by atoms with Crippen molar-refractivity contribution in [2.24, 2.45) is 9.98 Å². The van der Waals surface area contributed by atoms with Crippen LogP contribution in [0.3, 0.4) is 0 Å². The standard InChI is InChI=1S/C43H70N2O4/c1-4-6-8-10-12-14-16-18-20-22-24-30-48-40-28-26-38(42(46)32-40)35-44-34-37(3)45-36-39-27-29-41(33-43(39)47)49-31-25-23-21-19-17-15-13-11-9-7-5-2/h26-29,32-33,35-37,46-47H,4-25,30-31,34H2,1-3H3/t37-/m1/s1. The highest BCUT2D eigenvalue weighted by Crippen LogP contribution is 2.24. The zero-order valence-corrected chi connectivity index (χ0v) is 31.5. The minimum Gasteiger partial charge on any atom is -0.507 e. The average molecular weight is 679 g/mol. The van der Waals surface area contributed by atoms with E-state index >= 15 is 0 Å². The topological polar surface area (TPSA) is 83.6 Å². The van der Waals surface area contributed by atoms with Crippen LogP contribution in [0.25, 0.3) is 0 Å². The van der Waals surface area contributed by atoms with E-state index in [0.717, 1.165) is 12.8 Å². The van der Waals surface area contributed by atoms with E-state index in [9.17, 15) is 10.2 Å². The normalized spacial score (nSPS) is 12.3. The number of aliphatic imine (C=N–C) groups is 2. The zero-order valence-electron chi connectivity index (χ0n) is 31.5. The van der Waals surface area contributed by atoms with Crippen LogP contribution in [-0.4, -0.2) is 48.4 Å². The summed E-state index contributed by atoms with van der Waals surface area (Å²) < 4.78 is 11.7. The number of benzene rings is 2. The highest BCUT2D eigenvalue weighted by Gasteiger charge is 2.05. The molecule has 0 fully saturated rings. The summed E-state index contributed by atoms with van der Waals surface area (Å²) >= 11 is 0. The van der Waals surface area contributed by atoms with E-state index in [1.165, 1.54) is 128 Å². The van der Waals surface area contributed by atoms with Gasteiger partial charge in [0, 0.05) is 35.7 Å². The van der Waals surface area contributed by atoms with Crippen LogP contribution in [0.5, 0.6) is 23.0 Å². The van der Waals surface area contributed by atoms with Crippen LogP contribution in [0.1, 0.15) is 173 Å². The van der Waals surface area contributed by atoms with Gasteiger partial charge in [0.15, 0.2) is 0 Å². The molecule has 6 nitrogen and oxygen atoms in total. The maximum absolute atomic E-state index is 10.5. The Morgan fingerprint density at radius 1 is 0.531 bits per heavy atom. The Morgan fingerprint density at radius 3 is 1.29 bits per heavy atom. The summed E-state index contributed by atoms with van der Waals surface area (Å²) in [6, 6.07) is 10.7. The maximum Gasteiger partial charge on any atom is 0.128 e. The average Bonchev–Trinajstić information content (AvgIpc) is 3.09. The van der Waals surface area contributed by atoms with E-state index in [1.54, 1.807) is 24.6 Å². The predicted molar refractivity (Wildman–Crippen MR) is 210 cm³/mol. The van der Waals surface area contributed by atoms with Crippen molar-refractivity contribution in [1.29, 1.82) is 0 Å². The molecule has 0 amide bonds. The van der Waals surface area contributed by atoms with Crippen LogP contribution in [0.2, 0.25) is 0 Å². The second-order valence-electron chi connectivity index (χ2n) is 13.8. The fourth-order valence-corrected chi connectivity index (χ4v) is 5.92. The molecule has 0 heterocycles. The largest absolute Gasteiger partial charge is 0.507 e. The molecule has 0 aliphatic heterocycles. The van der Waals surface area contributed by atoms with Crippen molar-refractivity contribution in [2.45, 2.75) is 168 Å². The first-order valence-corrected chi connectivity index (χ1v) is 20.0. The van der Waals surface area contributed by atoms with Crippen molar-refractivity contribution in [3.05, 3.63) is 47.5 Å². The first-order valence-electron chi connectivity index (χ1n) is 20.0. The quantitative estimate of drug-likeness (QED) is 0.0614. The third kappa shape index (κ3) is 21.6. The Morgan fingerprint density at radius 2 is 0.898 bits per heavy atom. The van der Waals surface area contributed by atoms with Gasteiger partial charge in [0.1, 0.15) is 23.0 Å². The fraction of sp³-hybridized carbons (Fsp3) is 0.674. The summed E-state index contributed by atoms with van der Waals surface area (Å²) in [5.41, 5.74) is 1.30. The Kier molecular flexibility index (Phi) is 24.8. The number of unbranched alkanes of at least 4 members (excludes halogenated alkanes) is 20. The molecule has 2 rings (SSSR count). The van der Waals surface area contributed by atoms with Crippen molar-refractivity contribution in [3.8, 4) is 23.0 Å². The van der Waals surface area contributed by atoms with Gasteiger partial charge in [-0.25, -0.2) is 0 Å². The molecule has 0 aliphatic carbocycles. The van der Waals surface area contributed by atoms with Crippen LogP contribution < -0.4 is 9.47 Å². The molecule has 0 saturated carbocycles. The van der Waals surface area contributed by atoms with Crippen LogP contribution in [0.4, 0.5) is 0 Å². The maximum atomic E-state index is 10.5. The predicted octanol–water partition coefficient (Wildman–Crippen LogP) is 12.4. The Hall–Kier alpha value is -3.02. The zero-order chi connectivity index (χ0) is 35.2. The van der Waals surface area contributed by atoms with Gasteiger partial charge in [0.05, 0.1) is 25.8 Å². The van der Waals surface area contributed by atoms with E-state index in [0.29, 0.717) is 42.4 Å². The molecule has 0 radical (unpaired) electrons. The molecule has 0 saturated heterocycles. The molecule has 0 aromatic heterocycles. The van der Waals surface area contributed by atoms with Crippen LogP contribution in [-0.2, 0) is 0 Å². The van der Waals surface area contributed by atoms with E-state index in [2.05, 4.69) is 23.8 Å². The molecule has 49 heavy (non-hydrogen) atoms. The lowest BCUT2D eigenvalue weighted by Crippen LogP contribution is -2.04. The highest BCUT2D eigenvalue weighted by atomic mass is 16.5. The molecule has 2 aromatic rings. The second kappa shape index (κ2) is 28.8. The minimum atomic E-state index is -0.0804. The molecule has 0 bridgehead atoms. The molecular formula is C43H70N2O4. The molecule has 1 atom stereocenters. The van der Waals surface area contributed by atoms with Gasteiger partial charge in [0.25, 0.3) is 0 Å². The van der Waals surface area contributed by atoms with Gasteiger partial charge in [-0.05, 0) is 44.0 Å². The van der Waals surface area contributed by atoms with Crippen LogP contribution in [0.15, 0.2) is 46.4 Å². The van der Waals surface area contributed by atoms with E-state index in [1.807, 2.05) is 31.2 Å². The van der Waals surface area contributed by atoms with E-state index in [-0.39, 0.29) is 17.5 Å². The van der Waals surface area contributed by atoms with Gasteiger partial charge in [-0.2, -0.15) is 0 Å².